The molecule has 2 aromatic rings. The van der Waals surface area contributed by atoms with Gasteiger partial charge in [-0.15, -0.1) is 0 Å². The lowest BCUT2D eigenvalue weighted by atomic mass is 9.97. The van der Waals surface area contributed by atoms with Crippen molar-refractivity contribution in [2.45, 2.75) is 26.2 Å². The van der Waals surface area contributed by atoms with Gasteiger partial charge in [0.05, 0.1) is 17.1 Å². The lowest BCUT2D eigenvalue weighted by Gasteiger charge is -2.11. The summed E-state index contributed by atoms with van der Waals surface area (Å²) in [6.07, 6.45) is 0. The predicted octanol–water partition coefficient (Wildman–Crippen LogP) is 3.67. The van der Waals surface area contributed by atoms with Crippen LogP contribution in [0.1, 0.15) is 37.0 Å². The number of hydrogen-bond donors (Lipinski definition) is 0. The van der Waals surface area contributed by atoms with Gasteiger partial charge in [-0.05, 0) is 28.1 Å². The molecule has 0 aliphatic rings. The molecule has 0 aliphatic carbocycles. The summed E-state index contributed by atoms with van der Waals surface area (Å²) in [6, 6.07) is 3.34. The van der Waals surface area contributed by atoms with E-state index in [0.717, 1.165) is 0 Å². The average molecular weight is 312 g/mol. The van der Waals surface area contributed by atoms with Crippen LogP contribution in [0.2, 0.25) is 0 Å². The quantitative estimate of drug-likeness (QED) is 0.754. The molecule has 2 rings (SSSR count). The van der Waals surface area contributed by atoms with Crippen LogP contribution >= 0.6 is 15.9 Å². The van der Waals surface area contributed by atoms with Crippen molar-refractivity contribution in [3.05, 3.63) is 28.1 Å². The second-order valence-electron chi connectivity index (χ2n) is 5.07. The van der Waals surface area contributed by atoms with Gasteiger partial charge in [0.2, 0.25) is 5.89 Å². The SMILES string of the molecule is COC(=O)c1cc(Br)c2oc(C(C)(C)C)nc2c1. The number of ether oxygens (including phenoxy) is 1. The molecular formula is C13H14BrNO3. The monoisotopic (exact) mass is 311 g/mol. The molecule has 0 saturated carbocycles. The van der Waals surface area contributed by atoms with Crippen molar-refractivity contribution >= 4 is 33.0 Å². The molecule has 0 N–H and O–H groups in total. The molecule has 0 radical (unpaired) electrons. The summed E-state index contributed by atoms with van der Waals surface area (Å²) in [5, 5.41) is 0. The van der Waals surface area contributed by atoms with E-state index in [2.05, 4.69) is 20.9 Å². The molecular weight excluding hydrogens is 298 g/mol. The molecule has 0 spiro atoms. The molecule has 96 valence electrons. The normalized spacial score (nSPS) is 11.8. The number of hydrogen-bond acceptors (Lipinski definition) is 4. The first-order chi connectivity index (χ1) is 8.32. The summed E-state index contributed by atoms with van der Waals surface area (Å²) >= 11 is 3.38. The minimum Gasteiger partial charge on any atom is -0.465 e. The first-order valence-electron chi connectivity index (χ1n) is 5.52. The van der Waals surface area contributed by atoms with Gasteiger partial charge in [-0.2, -0.15) is 0 Å². The van der Waals surface area contributed by atoms with Crippen molar-refractivity contribution in [2.75, 3.05) is 7.11 Å². The number of carbonyl (C=O) groups excluding carboxylic acids is 1. The van der Waals surface area contributed by atoms with Gasteiger partial charge in [0.25, 0.3) is 0 Å². The zero-order valence-corrected chi connectivity index (χ0v) is 12.3. The Morgan fingerprint density at radius 1 is 1.39 bits per heavy atom. The Bertz CT molecular complexity index is 610. The van der Waals surface area contributed by atoms with E-state index in [-0.39, 0.29) is 5.41 Å². The third-order valence-electron chi connectivity index (χ3n) is 2.51. The highest BCUT2D eigenvalue weighted by atomic mass is 79.9. The molecule has 0 unspecified atom stereocenters. The number of esters is 1. The summed E-state index contributed by atoms with van der Waals surface area (Å²) < 4.78 is 11.1. The Kier molecular flexibility index (Phi) is 3.19. The molecule has 1 aromatic heterocycles. The highest BCUT2D eigenvalue weighted by Gasteiger charge is 2.22. The van der Waals surface area contributed by atoms with E-state index in [4.69, 9.17) is 9.15 Å². The van der Waals surface area contributed by atoms with Crippen molar-refractivity contribution < 1.29 is 13.9 Å². The molecule has 0 atom stereocenters. The minimum atomic E-state index is -0.391. The maximum atomic E-state index is 11.5. The highest BCUT2D eigenvalue weighted by molar-refractivity contribution is 9.10. The van der Waals surface area contributed by atoms with Crippen molar-refractivity contribution in [1.29, 1.82) is 0 Å². The van der Waals surface area contributed by atoms with Crippen molar-refractivity contribution in [3.8, 4) is 0 Å². The predicted molar refractivity (Wildman–Crippen MR) is 71.7 cm³/mol. The molecule has 4 nitrogen and oxygen atoms in total. The van der Waals surface area contributed by atoms with Gasteiger partial charge < -0.3 is 9.15 Å². The van der Waals surface area contributed by atoms with Crippen LogP contribution in [-0.4, -0.2) is 18.1 Å². The summed E-state index contributed by atoms with van der Waals surface area (Å²) in [4.78, 5) is 15.9. The first-order valence-corrected chi connectivity index (χ1v) is 6.31. The lowest BCUT2D eigenvalue weighted by molar-refractivity contribution is 0.0601. The zero-order valence-electron chi connectivity index (χ0n) is 10.7. The zero-order chi connectivity index (χ0) is 13.5. The van der Waals surface area contributed by atoms with Crippen LogP contribution in [-0.2, 0) is 10.2 Å². The summed E-state index contributed by atoms with van der Waals surface area (Å²) in [5.74, 6) is 0.248. The number of methoxy groups -OCH3 is 1. The van der Waals surface area contributed by atoms with E-state index in [1.807, 2.05) is 20.8 Å². The van der Waals surface area contributed by atoms with Crippen LogP contribution in [0.4, 0.5) is 0 Å². The van der Waals surface area contributed by atoms with Crippen LogP contribution in [0, 0.1) is 0 Å². The summed E-state index contributed by atoms with van der Waals surface area (Å²) in [5.41, 5.74) is 1.57. The fraction of sp³-hybridized carbons (Fsp3) is 0.385. The van der Waals surface area contributed by atoms with E-state index in [1.165, 1.54) is 7.11 Å². The summed E-state index contributed by atoms with van der Waals surface area (Å²) in [6.45, 7) is 6.06. The van der Waals surface area contributed by atoms with Gasteiger partial charge in [0, 0.05) is 5.41 Å². The molecule has 0 saturated heterocycles. The minimum absolute atomic E-state index is 0.177. The number of oxazole rings is 1. The van der Waals surface area contributed by atoms with Crippen molar-refractivity contribution in [3.63, 3.8) is 0 Å². The fourth-order valence-electron chi connectivity index (χ4n) is 1.55. The van der Waals surface area contributed by atoms with Crippen LogP contribution in [0.3, 0.4) is 0 Å². The average Bonchev–Trinajstić information content (AvgIpc) is 2.72. The second kappa shape index (κ2) is 4.39. The number of fused-ring (bicyclic) bond motifs is 1. The molecule has 5 heteroatoms. The maximum Gasteiger partial charge on any atom is 0.337 e. The van der Waals surface area contributed by atoms with Gasteiger partial charge in [0.15, 0.2) is 5.58 Å². The largest absolute Gasteiger partial charge is 0.465 e. The number of carbonyl (C=O) groups is 1. The van der Waals surface area contributed by atoms with E-state index < -0.39 is 5.97 Å². The Morgan fingerprint density at radius 3 is 2.61 bits per heavy atom. The van der Waals surface area contributed by atoms with E-state index in [1.54, 1.807) is 12.1 Å². The number of halogens is 1. The van der Waals surface area contributed by atoms with Gasteiger partial charge in [0.1, 0.15) is 5.52 Å². The Hall–Kier alpha value is -1.36. The molecule has 0 aliphatic heterocycles. The van der Waals surface area contributed by atoms with Crippen LogP contribution in [0.25, 0.3) is 11.1 Å². The second-order valence-corrected chi connectivity index (χ2v) is 5.92. The smallest absolute Gasteiger partial charge is 0.337 e. The molecule has 1 aromatic carbocycles. The number of aromatic nitrogens is 1. The number of benzene rings is 1. The van der Waals surface area contributed by atoms with Crippen LogP contribution < -0.4 is 0 Å². The molecule has 0 amide bonds. The summed E-state index contributed by atoms with van der Waals surface area (Å²) in [7, 11) is 1.35. The first kappa shape index (κ1) is 13.1. The Labute approximate surface area is 113 Å². The van der Waals surface area contributed by atoms with E-state index in [0.29, 0.717) is 27.0 Å². The van der Waals surface area contributed by atoms with E-state index >= 15 is 0 Å². The topological polar surface area (TPSA) is 52.3 Å². The van der Waals surface area contributed by atoms with E-state index in [9.17, 15) is 4.79 Å². The number of rotatable bonds is 1. The van der Waals surface area contributed by atoms with Crippen molar-refractivity contribution in [1.82, 2.24) is 4.98 Å². The molecule has 1 heterocycles. The standard InChI is InChI=1S/C13H14BrNO3/c1-13(2,3)12-15-9-6-7(11(16)17-4)5-8(14)10(9)18-12/h5-6H,1-4H3. The Morgan fingerprint density at radius 2 is 2.06 bits per heavy atom. The van der Waals surface area contributed by atoms with Gasteiger partial charge in [-0.3, -0.25) is 0 Å². The van der Waals surface area contributed by atoms with Gasteiger partial charge in [-0.25, -0.2) is 9.78 Å². The molecule has 0 fully saturated rings. The lowest BCUT2D eigenvalue weighted by Crippen LogP contribution is -2.10. The molecule has 18 heavy (non-hydrogen) atoms. The maximum absolute atomic E-state index is 11.5. The fourth-order valence-corrected chi connectivity index (χ4v) is 2.08. The van der Waals surface area contributed by atoms with Gasteiger partial charge >= 0.3 is 5.97 Å². The highest BCUT2D eigenvalue weighted by Crippen LogP contribution is 2.31. The van der Waals surface area contributed by atoms with Crippen LogP contribution in [0.5, 0.6) is 0 Å². The van der Waals surface area contributed by atoms with Crippen LogP contribution in [0.15, 0.2) is 21.0 Å². The third kappa shape index (κ3) is 2.27. The molecule has 0 bridgehead atoms. The Balaban J connectivity index is 2.63. The van der Waals surface area contributed by atoms with Crippen molar-refractivity contribution in [2.24, 2.45) is 0 Å². The third-order valence-corrected chi connectivity index (χ3v) is 3.10. The number of nitrogens with zero attached hydrogens (tertiary/aromatic N) is 1. The van der Waals surface area contributed by atoms with Gasteiger partial charge in [-0.1, -0.05) is 20.8 Å².